The number of hydrogen-bond acceptors (Lipinski definition) is 3. The topological polar surface area (TPSA) is 79.3 Å². The molecule has 5 nitrogen and oxygen atoms in total. The summed E-state index contributed by atoms with van der Waals surface area (Å²) in [7, 11) is 0. The highest BCUT2D eigenvalue weighted by atomic mass is 19.1. The minimum Gasteiger partial charge on any atom is -0.481 e. The van der Waals surface area contributed by atoms with Crippen molar-refractivity contribution < 1.29 is 19.1 Å². The zero-order valence-electron chi connectivity index (χ0n) is 20.6. The Labute approximate surface area is 210 Å². The predicted molar refractivity (Wildman–Crippen MR) is 141 cm³/mol. The van der Waals surface area contributed by atoms with Crippen molar-refractivity contribution in [1.29, 1.82) is 0 Å². The minimum atomic E-state index is -0.979. The molecule has 36 heavy (non-hydrogen) atoms. The summed E-state index contributed by atoms with van der Waals surface area (Å²) in [5.74, 6) is -1.01. The van der Waals surface area contributed by atoms with Crippen molar-refractivity contribution in [3.05, 3.63) is 89.5 Å². The maximum atomic E-state index is 13.5. The van der Waals surface area contributed by atoms with Gasteiger partial charge in [-0.25, -0.2) is 9.37 Å². The number of amides is 1. The molecule has 2 N–H and O–H groups in total. The van der Waals surface area contributed by atoms with Crippen LogP contribution in [0.2, 0.25) is 0 Å². The molecule has 6 heteroatoms. The lowest BCUT2D eigenvalue weighted by Crippen LogP contribution is -2.45. The van der Waals surface area contributed by atoms with Crippen LogP contribution in [0.1, 0.15) is 55.5 Å². The number of alkyl halides is 1. The van der Waals surface area contributed by atoms with Crippen molar-refractivity contribution >= 4 is 22.8 Å². The zero-order valence-corrected chi connectivity index (χ0v) is 20.6. The highest BCUT2D eigenvalue weighted by Gasteiger charge is 2.26. The Morgan fingerprint density at radius 3 is 2.58 bits per heavy atom. The molecule has 1 aromatic heterocycles. The summed E-state index contributed by atoms with van der Waals surface area (Å²) < 4.78 is 13.5. The summed E-state index contributed by atoms with van der Waals surface area (Å²) in [6, 6.07) is 17.4. The SMILES string of the molecule is CC(C)(NC(=O)c1ccc2nc(-c3ccccc3)c(CCCCC(=O)O)cc2c1)C1=CCC(F)C=C1. The van der Waals surface area contributed by atoms with Crippen LogP contribution in [0.15, 0.2) is 78.4 Å². The van der Waals surface area contributed by atoms with Crippen LogP contribution in [0.5, 0.6) is 0 Å². The lowest BCUT2D eigenvalue weighted by molar-refractivity contribution is -0.137. The fourth-order valence-electron chi connectivity index (χ4n) is 4.48. The number of rotatable bonds is 9. The van der Waals surface area contributed by atoms with Crippen molar-refractivity contribution in [2.24, 2.45) is 0 Å². The predicted octanol–water partition coefficient (Wildman–Crippen LogP) is 6.43. The number of halogens is 1. The van der Waals surface area contributed by atoms with Crippen molar-refractivity contribution in [2.75, 3.05) is 0 Å². The van der Waals surface area contributed by atoms with Crippen LogP contribution < -0.4 is 5.32 Å². The Balaban J connectivity index is 1.61. The Morgan fingerprint density at radius 2 is 1.89 bits per heavy atom. The largest absolute Gasteiger partial charge is 0.481 e. The third kappa shape index (κ3) is 6.06. The molecule has 1 unspecified atom stereocenters. The number of carbonyl (C=O) groups is 2. The van der Waals surface area contributed by atoms with E-state index >= 15 is 0 Å². The number of nitrogens with zero attached hydrogens (tertiary/aromatic N) is 1. The van der Waals surface area contributed by atoms with E-state index in [-0.39, 0.29) is 12.3 Å². The molecule has 3 aromatic rings. The normalized spacial score (nSPS) is 15.5. The molecule has 186 valence electrons. The summed E-state index contributed by atoms with van der Waals surface area (Å²) >= 11 is 0. The molecule has 0 aliphatic heterocycles. The molecular formula is C30H31FN2O3. The first kappa shape index (κ1) is 25.3. The van der Waals surface area contributed by atoms with Gasteiger partial charge in [-0.05, 0) is 68.5 Å². The van der Waals surface area contributed by atoms with E-state index in [4.69, 9.17) is 10.1 Å². The summed E-state index contributed by atoms with van der Waals surface area (Å²) in [6.45, 7) is 3.81. The lowest BCUT2D eigenvalue weighted by Gasteiger charge is -2.29. The van der Waals surface area contributed by atoms with Crippen LogP contribution in [0.3, 0.4) is 0 Å². The molecule has 0 fully saturated rings. The second-order valence-electron chi connectivity index (χ2n) is 9.72. The van der Waals surface area contributed by atoms with Gasteiger partial charge in [-0.15, -0.1) is 0 Å². The average molecular weight is 487 g/mol. The standard InChI is InChI=1S/C30H31FN2O3/c1-30(2,24-13-15-25(31)16-14-24)33-29(36)22-12-17-26-23(19-22)18-21(10-6-7-11-27(34)35)28(32-26)20-8-4-3-5-9-20/h3-5,8-9,12-15,17-19,25H,6-7,10-11,16H2,1-2H3,(H,33,36)(H,34,35). The van der Waals surface area contributed by atoms with E-state index in [1.165, 1.54) is 6.08 Å². The first-order valence-corrected chi connectivity index (χ1v) is 12.3. The van der Waals surface area contributed by atoms with Gasteiger partial charge in [0, 0.05) is 29.4 Å². The minimum absolute atomic E-state index is 0.138. The molecule has 0 spiro atoms. The smallest absolute Gasteiger partial charge is 0.303 e. The second kappa shape index (κ2) is 10.9. The van der Waals surface area contributed by atoms with Gasteiger partial charge in [0.2, 0.25) is 0 Å². The number of pyridine rings is 1. The van der Waals surface area contributed by atoms with E-state index < -0.39 is 17.7 Å². The zero-order chi connectivity index (χ0) is 25.7. The van der Waals surface area contributed by atoms with E-state index in [0.717, 1.165) is 39.7 Å². The highest BCUT2D eigenvalue weighted by Crippen LogP contribution is 2.28. The molecule has 2 aromatic carbocycles. The molecule has 1 heterocycles. The Kier molecular flexibility index (Phi) is 7.63. The van der Waals surface area contributed by atoms with Crippen molar-refractivity contribution in [3.63, 3.8) is 0 Å². The number of carboxylic acids is 1. The van der Waals surface area contributed by atoms with Gasteiger partial charge in [0.05, 0.1) is 16.7 Å². The van der Waals surface area contributed by atoms with E-state index in [0.29, 0.717) is 24.8 Å². The van der Waals surface area contributed by atoms with Gasteiger partial charge in [-0.3, -0.25) is 9.59 Å². The number of benzene rings is 2. The number of aryl methyl sites for hydroxylation is 1. The van der Waals surface area contributed by atoms with Gasteiger partial charge in [-0.2, -0.15) is 0 Å². The molecule has 0 bridgehead atoms. The van der Waals surface area contributed by atoms with Gasteiger partial charge in [0.25, 0.3) is 5.91 Å². The summed E-state index contributed by atoms with van der Waals surface area (Å²) in [6.07, 6.45) is 6.57. The quantitative estimate of drug-likeness (QED) is 0.342. The van der Waals surface area contributed by atoms with E-state index in [9.17, 15) is 14.0 Å². The van der Waals surface area contributed by atoms with Crippen LogP contribution in [0.4, 0.5) is 4.39 Å². The molecule has 0 saturated carbocycles. The fourth-order valence-corrected chi connectivity index (χ4v) is 4.48. The molecule has 1 aliphatic carbocycles. The first-order valence-electron chi connectivity index (χ1n) is 12.3. The maximum absolute atomic E-state index is 13.5. The fraction of sp³-hybridized carbons (Fsp3) is 0.300. The van der Waals surface area contributed by atoms with Crippen molar-refractivity contribution in [3.8, 4) is 11.3 Å². The number of fused-ring (bicyclic) bond motifs is 1. The number of carbonyl (C=O) groups excluding carboxylic acids is 1. The molecule has 4 rings (SSSR count). The Morgan fingerprint density at radius 1 is 1.11 bits per heavy atom. The number of allylic oxidation sites excluding steroid dienone is 2. The molecule has 0 saturated heterocycles. The number of hydrogen-bond donors (Lipinski definition) is 2. The summed E-state index contributed by atoms with van der Waals surface area (Å²) in [5, 5.41) is 12.9. The second-order valence-corrected chi connectivity index (χ2v) is 9.72. The highest BCUT2D eigenvalue weighted by molar-refractivity contribution is 5.99. The molecule has 1 aliphatic rings. The third-order valence-electron chi connectivity index (χ3n) is 6.49. The number of aromatic nitrogens is 1. The summed E-state index contributed by atoms with van der Waals surface area (Å²) in [4.78, 5) is 29.0. The van der Waals surface area contributed by atoms with Gasteiger partial charge in [-0.1, -0.05) is 48.6 Å². The molecule has 1 atom stereocenters. The van der Waals surface area contributed by atoms with Crippen molar-refractivity contribution in [1.82, 2.24) is 10.3 Å². The molecule has 1 amide bonds. The summed E-state index contributed by atoms with van der Waals surface area (Å²) in [5.41, 5.74) is 4.43. The number of unbranched alkanes of at least 4 members (excludes halogenated alkanes) is 1. The third-order valence-corrected chi connectivity index (χ3v) is 6.49. The Bertz CT molecular complexity index is 1330. The van der Waals surface area contributed by atoms with Crippen LogP contribution in [0, 0.1) is 0 Å². The van der Waals surface area contributed by atoms with E-state index in [1.54, 1.807) is 12.1 Å². The van der Waals surface area contributed by atoms with E-state index in [2.05, 4.69) is 11.4 Å². The van der Waals surface area contributed by atoms with Gasteiger partial charge >= 0.3 is 5.97 Å². The van der Waals surface area contributed by atoms with Crippen LogP contribution in [-0.4, -0.2) is 33.7 Å². The van der Waals surface area contributed by atoms with Gasteiger partial charge in [0.1, 0.15) is 6.17 Å². The molecular weight excluding hydrogens is 455 g/mol. The maximum Gasteiger partial charge on any atom is 0.303 e. The number of nitrogens with one attached hydrogen (secondary N) is 1. The van der Waals surface area contributed by atoms with Crippen LogP contribution in [-0.2, 0) is 11.2 Å². The van der Waals surface area contributed by atoms with Crippen LogP contribution >= 0.6 is 0 Å². The van der Waals surface area contributed by atoms with Crippen LogP contribution in [0.25, 0.3) is 22.2 Å². The lowest BCUT2D eigenvalue weighted by atomic mass is 9.89. The van der Waals surface area contributed by atoms with Crippen molar-refractivity contribution in [2.45, 2.75) is 57.7 Å². The van der Waals surface area contributed by atoms with Gasteiger partial charge in [0.15, 0.2) is 0 Å². The van der Waals surface area contributed by atoms with E-state index in [1.807, 2.05) is 62.4 Å². The Hall–Kier alpha value is -3.80. The monoisotopic (exact) mass is 486 g/mol. The number of carboxylic acid groups (broad SMARTS) is 1. The first-order chi connectivity index (χ1) is 17.2. The number of aliphatic carboxylic acids is 1. The van der Waals surface area contributed by atoms with Gasteiger partial charge < -0.3 is 10.4 Å². The molecule has 0 radical (unpaired) electrons. The average Bonchev–Trinajstić information content (AvgIpc) is 2.86.